The largest absolute Gasteiger partial charge is 0.481 e. The van der Waals surface area contributed by atoms with Gasteiger partial charge in [0, 0.05) is 6.42 Å². The number of carboxylic acid groups (broad SMARTS) is 1. The van der Waals surface area contributed by atoms with Crippen molar-refractivity contribution >= 4 is 11.9 Å². The molecule has 3 aliphatic carbocycles. The lowest BCUT2D eigenvalue weighted by Crippen LogP contribution is -2.48. The van der Waals surface area contributed by atoms with Gasteiger partial charge in [0.15, 0.2) is 0 Å². The summed E-state index contributed by atoms with van der Waals surface area (Å²) in [6.07, 6.45) is 11.1. The molecule has 36 heavy (non-hydrogen) atoms. The summed E-state index contributed by atoms with van der Waals surface area (Å²) < 4.78 is 4.98. The summed E-state index contributed by atoms with van der Waals surface area (Å²) in [6, 6.07) is 0. The number of hydrogen-bond acceptors (Lipinski definition) is 3. The average Bonchev–Trinajstić information content (AvgIpc) is 3.08. The van der Waals surface area contributed by atoms with Crippen LogP contribution in [0.15, 0.2) is 47.6 Å². The highest BCUT2D eigenvalue weighted by Crippen LogP contribution is 2.70. The van der Waals surface area contributed by atoms with Crippen molar-refractivity contribution in [3.05, 3.63) is 47.6 Å². The van der Waals surface area contributed by atoms with Crippen molar-refractivity contribution in [3.8, 4) is 0 Å². The molecule has 6 atom stereocenters. The molecule has 200 valence electrons. The Labute approximate surface area is 219 Å². The van der Waals surface area contributed by atoms with Crippen molar-refractivity contribution in [2.45, 2.75) is 92.9 Å². The molecule has 4 heteroatoms. The molecule has 4 nitrogen and oxygen atoms in total. The fourth-order valence-corrected chi connectivity index (χ4v) is 7.85. The van der Waals surface area contributed by atoms with Gasteiger partial charge in [-0.2, -0.15) is 0 Å². The summed E-state index contributed by atoms with van der Waals surface area (Å²) >= 11 is 0. The molecular weight excluding hydrogens is 448 g/mol. The van der Waals surface area contributed by atoms with E-state index in [0.29, 0.717) is 18.8 Å². The van der Waals surface area contributed by atoms with Gasteiger partial charge in [-0.3, -0.25) is 9.59 Å². The van der Waals surface area contributed by atoms with Crippen LogP contribution < -0.4 is 0 Å². The maximum absolute atomic E-state index is 12.6. The summed E-state index contributed by atoms with van der Waals surface area (Å²) in [6.45, 7) is 21.9. The molecular formula is C32H48O4. The molecule has 0 radical (unpaired) electrons. The fourth-order valence-electron chi connectivity index (χ4n) is 7.85. The second-order valence-electron chi connectivity index (χ2n) is 12.8. The number of aliphatic carboxylic acids is 1. The Bertz CT molecular complexity index is 984. The van der Waals surface area contributed by atoms with E-state index in [1.165, 1.54) is 18.3 Å². The molecule has 0 aromatic carbocycles. The second kappa shape index (κ2) is 10.3. The number of carbonyl (C=O) groups is 2. The van der Waals surface area contributed by atoms with Crippen LogP contribution in [-0.2, 0) is 14.3 Å². The van der Waals surface area contributed by atoms with Crippen molar-refractivity contribution in [1.29, 1.82) is 0 Å². The molecule has 1 saturated carbocycles. The first-order chi connectivity index (χ1) is 16.7. The molecule has 3 rings (SSSR count). The van der Waals surface area contributed by atoms with Crippen LogP contribution in [0.2, 0.25) is 0 Å². The van der Waals surface area contributed by atoms with E-state index in [1.807, 2.05) is 0 Å². The zero-order valence-corrected chi connectivity index (χ0v) is 23.7. The third kappa shape index (κ3) is 4.65. The van der Waals surface area contributed by atoms with Gasteiger partial charge in [0.25, 0.3) is 0 Å². The minimum atomic E-state index is -0.667. The van der Waals surface area contributed by atoms with Crippen molar-refractivity contribution in [1.82, 2.24) is 0 Å². The van der Waals surface area contributed by atoms with Crippen molar-refractivity contribution in [2.75, 3.05) is 7.11 Å². The normalized spacial score (nSPS) is 34.2. The quantitative estimate of drug-likeness (QED) is 0.246. The number of hydrogen-bond donors (Lipinski definition) is 1. The Hall–Kier alpha value is -2.10. The molecule has 0 aromatic heterocycles. The summed E-state index contributed by atoms with van der Waals surface area (Å²) in [7, 11) is 1.45. The van der Waals surface area contributed by atoms with Gasteiger partial charge in [-0.15, -0.1) is 0 Å². The highest BCUT2D eigenvalue weighted by atomic mass is 16.5. The van der Waals surface area contributed by atoms with E-state index in [2.05, 4.69) is 66.9 Å². The van der Waals surface area contributed by atoms with Gasteiger partial charge >= 0.3 is 11.9 Å². The molecule has 1 unspecified atom stereocenters. The Morgan fingerprint density at radius 3 is 2.36 bits per heavy atom. The lowest BCUT2D eigenvalue weighted by molar-refractivity contribution is -0.146. The lowest BCUT2D eigenvalue weighted by atomic mass is 9.48. The average molecular weight is 497 g/mol. The van der Waals surface area contributed by atoms with Crippen molar-refractivity contribution in [2.24, 2.45) is 39.9 Å². The molecule has 0 saturated heterocycles. The van der Waals surface area contributed by atoms with Gasteiger partial charge in [0.2, 0.25) is 0 Å². The summed E-state index contributed by atoms with van der Waals surface area (Å²) in [4.78, 5) is 24.7. The molecule has 1 fully saturated rings. The fraction of sp³-hybridized carbons (Fsp3) is 0.688. The van der Waals surface area contributed by atoms with Crippen LogP contribution in [0.5, 0.6) is 0 Å². The van der Waals surface area contributed by atoms with E-state index in [4.69, 9.17) is 4.74 Å². The van der Waals surface area contributed by atoms with Crippen molar-refractivity contribution in [3.63, 3.8) is 0 Å². The zero-order valence-electron chi connectivity index (χ0n) is 23.7. The van der Waals surface area contributed by atoms with Crippen LogP contribution in [0.25, 0.3) is 0 Å². The molecule has 0 spiro atoms. The van der Waals surface area contributed by atoms with Crippen LogP contribution >= 0.6 is 0 Å². The van der Waals surface area contributed by atoms with Crippen LogP contribution in [0.3, 0.4) is 0 Å². The predicted octanol–water partition coefficient (Wildman–Crippen LogP) is 7.91. The molecule has 0 amide bonds. The van der Waals surface area contributed by atoms with Crippen LogP contribution in [-0.4, -0.2) is 24.2 Å². The molecule has 1 N–H and O–H groups in total. The number of rotatable bonds is 10. The van der Waals surface area contributed by atoms with Gasteiger partial charge in [0.1, 0.15) is 0 Å². The Morgan fingerprint density at radius 1 is 1.14 bits per heavy atom. The maximum Gasteiger partial charge on any atom is 0.306 e. The maximum atomic E-state index is 12.6. The number of methoxy groups -OCH3 is 1. The number of carboxylic acids is 1. The Balaban J connectivity index is 1.99. The third-order valence-electron chi connectivity index (χ3n) is 10.7. The first-order valence-corrected chi connectivity index (χ1v) is 13.8. The monoisotopic (exact) mass is 496 g/mol. The van der Waals surface area contributed by atoms with E-state index in [1.54, 1.807) is 0 Å². The summed E-state index contributed by atoms with van der Waals surface area (Å²) in [5.41, 5.74) is 4.64. The van der Waals surface area contributed by atoms with E-state index in [0.717, 1.165) is 49.7 Å². The van der Waals surface area contributed by atoms with Gasteiger partial charge < -0.3 is 9.84 Å². The Kier molecular flexibility index (Phi) is 8.18. The number of carbonyl (C=O) groups excluding carboxylic acids is 1. The number of fused-ring (bicyclic) bond motifs is 3. The Morgan fingerprint density at radius 2 is 1.81 bits per heavy atom. The van der Waals surface area contributed by atoms with Crippen molar-refractivity contribution < 1.29 is 19.4 Å². The predicted molar refractivity (Wildman–Crippen MR) is 146 cm³/mol. The van der Waals surface area contributed by atoms with Gasteiger partial charge in [-0.1, -0.05) is 71.1 Å². The number of ether oxygens (including phenoxy) is 1. The third-order valence-corrected chi connectivity index (χ3v) is 10.7. The molecule has 3 aliphatic rings. The highest BCUT2D eigenvalue weighted by molar-refractivity contribution is 5.71. The second-order valence-corrected chi connectivity index (χ2v) is 12.8. The lowest BCUT2D eigenvalue weighted by Gasteiger charge is -2.56. The highest BCUT2D eigenvalue weighted by Gasteiger charge is 2.62. The molecule has 0 aliphatic heterocycles. The number of allylic oxidation sites excluding steroid dienone is 6. The van der Waals surface area contributed by atoms with Crippen LogP contribution in [0.1, 0.15) is 92.9 Å². The van der Waals surface area contributed by atoms with E-state index in [9.17, 15) is 14.7 Å². The topological polar surface area (TPSA) is 63.6 Å². The first kappa shape index (κ1) is 28.5. The minimum Gasteiger partial charge on any atom is -0.481 e. The van der Waals surface area contributed by atoms with Gasteiger partial charge in [-0.05, 0) is 97.0 Å². The van der Waals surface area contributed by atoms with Gasteiger partial charge in [-0.25, -0.2) is 0 Å². The summed E-state index contributed by atoms with van der Waals surface area (Å²) in [5.74, 6) is -0.427. The standard InChI is InChI=1S/C32H48O4/c1-20(2)22(5)10-11-23(29(34)35)25-14-18-32(8)27-13-12-24(21(3)4)30(6,17-16-28(33)36-9)26(27)15-19-31(25,32)7/h13,15,20,23-25H,3,5,10-12,14,16-19H2,1-2,4,6-9H3,(H,34,35)/t23?,24-,25+,30-,31+,32-/m0/s1. The van der Waals surface area contributed by atoms with Gasteiger partial charge in [0.05, 0.1) is 13.0 Å². The first-order valence-electron chi connectivity index (χ1n) is 13.8. The van der Waals surface area contributed by atoms with Crippen LogP contribution in [0, 0.1) is 39.9 Å². The van der Waals surface area contributed by atoms with E-state index in [-0.39, 0.29) is 40.0 Å². The molecule has 0 heterocycles. The number of esters is 1. The zero-order chi connectivity index (χ0) is 27.1. The molecule has 0 bridgehead atoms. The summed E-state index contributed by atoms with van der Waals surface area (Å²) in [5, 5.41) is 10.3. The van der Waals surface area contributed by atoms with Crippen LogP contribution in [0.4, 0.5) is 0 Å². The van der Waals surface area contributed by atoms with E-state index >= 15 is 0 Å². The van der Waals surface area contributed by atoms with E-state index < -0.39 is 5.97 Å². The molecule has 0 aromatic rings. The minimum absolute atomic E-state index is 0.0862. The smallest absolute Gasteiger partial charge is 0.306 e. The SMILES string of the molecule is C=C(CCC(C(=O)O)[C@H]1CC[C@@]2(C)C3=CC[C@@H](C(=C)C)[C@](C)(CCC(=O)OC)C3=CC[C@]12C)C(C)C.